The molecule has 0 aromatic heterocycles. The van der Waals surface area contributed by atoms with Gasteiger partial charge >= 0.3 is 0 Å². The molecule has 3 nitrogen and oxygen atoms in total. The predicted molar refractivity (Wildman–Crippen MR) is 91.0 cm³/mol. The van der Waals surface area contributed by atoms with Gasteiger partial charge in [-0.2, -0.15) is 0 Å². The summed E-state index contributed by atoms with van der Waals surface area (Å²) < 4.78 is 0. The van der Waals surface area contributed by atoms with Crippen molar-refractivity contribution < 1.29 is 5.11 Å². The van der Waals surface area contributed by atoms with Gasteiger partial charge in [0.05, 0.1) is 0 Å². The molecule has 1 aliphatic heterocycles. The first-order chi connectivity index (χ1) is 10.9. The lowest BCUT2D eigenvalue weighted by Crippen LogP contribution is -2.57. The smallest absolute Gasteiger partial charge is 0.0446 e. The maximum Gasteiger partial charge on any atom is 0.0446 e. The van der Waals surface area contributed by atoms with Gasteiger partial charge in [0.1, 0.15) is 0 Å². The number of hydrogen-bond donors (Lipinski definition) is 1. The molecule has 2 aliphatic rings. The van der Waals surface area contributed by atoms with Crippen LogP contribution in [-0.4, -0.2) is 59.8 Å². The van der Waals surface area contributed by atoms with Crippen LogP contribution in [-0.2, 0) is 6.42 Å². The van der Waals surface area contributed by atoms with Crippen LogP contribution < -0.4 is 0 Å². The van der Waals surface area contributed by atoms with Crippen LogP contribution in [0.4, 0.5) is 0 Å². The van der Waals surface area contributed by atoms with Crippen LogP contribution in [0.2, 0.25) is 0 Å². The first kappa shape index (κ1) is 16.0. The van der Waals surface area contributed by atoms with Crippen molar-refractivity contribution in [2.45, 2.75) is 50.6 Å². The third-order valence-corrected chi connectivity index (χ3v) is 5.44. The zero-order valence-corrected chi connectivity index (χ0v) is 13.7. The number of piperazine rings is 1. The van der Waals surface area contributed by atoms with Gasteiger partial charge in [0, 0.05) is 38.3 Å². The lowest BCUT2D eigenvalue weighted by Gasteiger charge is -2.47. The first-order valence-corrected chi connectivity index (χ1v) is 8.99. The van der Waals surface area contributed by atoms with E-state index in [1.807, 2.05) is 0 Å². The summed E-state index contributed by atoms with van der Waals surface area (Å²) in [6.07, 6.45) is 7.49. The normalized spacial score (nSPS) is 24.3. The monoisotopic (exact) mass is 302 g/mol. The van der Waals surface area contributed by atoms with Crippen LogP contribution in [0.3, 0.4) is 0 Å². The van der Waals surface area contributed by atoms with Crippen molar-refractivity contribution in [3.8, 4) is 0 Å². The molecule has 3 heteroatoms. The van der Waals surface area contributed by atoms with E-state index in [0.29, 0.717) is 12.6 Å². The Balaban J connectivity index is 1.46. The minimum Gasteiger partial charge on any atom is -0.396 e. The first-order valence-electron chi connectivity index (χ1n) is 8.99. The third-order valence-electron chi connectivity index (χ3n) is 5.44. The molecule has 1 aromatic rings. The lowest BCUT2D eigenvalue weighted by molar-refractivity contribution is 0.0147. The lowest BCUT2D eigenvalue weighted by atomic mass is 9.90. The van der Waals surface area contributed by atoms with Crippen molar-refractivity contribution in [2.24, 2.45) is 0 Å². The third kappa shape index (κ3) is 4.09. The molecule has 0 radical (unpaired) electrons. The molecule has 1 unspecified atom stereocenters. The standard InChI is InChI=1S/C19H30N2O/c22-15-11-19-16-21(18-9-4-10-18)14-13-20(19)12-5-8-17-6-2-1-3-7-17/h1-3,6-7,18-19,22H,4-5,8-16H2. The van der Waals surface area contributed by atoms with E-state index in [2.05, 4.69) is 40.1 Å². The Kier molecular flexibility index (Phi) is 5.88. The van der Waals surface area contributed by atoms with E-state index in [9.17, 15) is 5.11 Å². The molecule has 1 atom stereocenters. The maximum absolute atomic E-state index is 9.39. The number of aliphatic hydroxyl groups excluding tert-OH is 1. The molecule has 22 heavy (non-hydrogen) atoms. The molecule has 0 amide bonds. The second kappa shape index (κ2) is 8.09. The largest absolute Gasteiger partial charge is 0.396 e. The summed E-state index contributed by atoms with van der Waals surface area (Å²) >= 11 is 0. The molecule has 0 spiro atoms. The van der Waals surface area contributed by atoms with E-state index >= 15 is 0 Å². The molecule has 1 saturated carbocycles. The molecule has 1 aliphatic carbocycles. The summed E-state index contributed by atoms with van der Waals surface area (Å²) in [5.41, 5.74) is 1.44. The number of nitrogens with zero attached hydrogens (tertiary/aromatic N) is 2. The van der Waals surface area contributed by atoms with Crippen LogP contribution in [0.15, 0.2) is 30.3 Å². The molecule has 1 heterocycles. The minimum absolute atomic E-state index is 0.318. The van der Waals surface area contributed by atoms with E-state index in [-0.39, 0.29) is 0 Å². The van der Waals surface area contributed by atoms with Gasteiger partial charge < -0.3 is 5.11 Å². The highest BCUT2D eigenvalue weighted by molar-refractivity contribution is 5.14. The van der Waals surface area contributed by atoms with E-state index < -0.39 is 0 Å². The van der Waals surface area contributed by atoms with Crippen molar-refractivity contribution in [3.05, 3.63) is 35.9 Å². The zero-order chi connectivity index (χ0) is 15.2. The molecule has 2 fully saturated rings. The van der Waals surface area contributed by atoms with Gasteiger partial charge in [0.2, 0.25) is 0 Å². The Morgan fingerprint density at radius 2 is 1.91 bits per heavy atom. The summed E-state index contributed by atoms with van der Waals surface area (Å²) in [6, 6.07) is 12.2. The summed E-state index contributed by atoms with van der Waals surface area (Å²) in [4.78, 5) is 5.30. The van der Waals surface area contributed by atoms with E-state index in [0.717, 1.165) is 32.0 Å². The maximum atomic E-state index is 9.39. The highest BCUT2D eigenvalue weighted by Gasteiger charge is 2.32. The number of benzene rings is 1. The van der Waals surface area contributed by atoms with Gasteiger partial charge in [0.25, 0.3) is 0 Å². The van der Waals surface area contributed by atoms with Gasteiger partial charge in [-0.15, -0.1) is 0 Å². The van der Waals surface area contributed by atoms with Gasteiger partial charge in [-0.3, -0.25) is 9.80 Å². The van der Waals surface area contributed by atoms with Gasteiger partial charge in [-0.05, 0) is 44.2 Å². The average molecular weight is 302 g/mol. The molecule has 122 valence electrons. The van der Waals surface area contributed by atoms with E-state index in [1.165, 1.54) is 44.3 Å². The molecule has 3 rings (SSSR count). The molecule has 1 aromatic carbocycles. The van der Waals surface area contributed by atoms with Crippen molar-refractivity contribution >= 4 is 0 Å². The number of aliphatic hydroxyl groups is 1. The second-order valence-electron chi connectivity index (χ2n) is 6.87. The van der Waals surface area contributed by atoms with Gasteiger partial charge in [-0.25, -0.2) is 0 Å². The van der Waals surface area contributed by atoms with Crippen LogP contribution in [0, 0.1) is 0 Å². The van der Waals surface area contributed by atoms with Crippen LogP contribution in [0.5, 0.6) is 0 Å². The summed E-state index contributed by atoms with van der Waals surface area (Å²) in [5.74, 6) is 0. The fraction of sp³-hybridized carbons (Fsp3) is 0.684. The topological polar surface area (TPSA) is 26.7 Å². The minimum atomic E-state index is 0.318. The Morgan fingerprint density at radius 1 is 1.09 bits per heavy atom. The quantitative estimate of drug-likeness (QED) is 0.838. The Hall–Kier alpha value is -0.900. The molecular formula is C19H30N2O. The predicted octanol–water partition coefficient (Wildman–Crippen LogP) is 2.54. The Labute approximate surface area is 134 Å². The summed E-state index contributed by atoms with van der Waals surface area (Å²) in [6.45, 7) is 5.04. The van der Waals surface area contributed by atoms with E-state index in [1.54, 1.807) is 0 Å². The Bertz CT molecular complexity index is 432. The average Bonchev–Trinajstić information content (AvgIpc) is 2.49. The SMILES string of the molecule is OCCC1CN(C2CCC2)CCN1CCCc1ccccc1. The molecule has 1 saturated heterocycles. The van der Waals surface area contributed by atoms with Crippen molar-refractivity contribution in [1.29, 1.82) is 0 Å². The molecule has 0 bridgehead atoms. The van der Waals surface area contributed by atoms with Crippen molar-refractivity contribution in [2.75, 3.05) is 32.8 Å². The van der Waals surface area contributed by atoms with Crippen LogP contribution >= 0.6 is 0 Å². The van der Waals surface area contributed by atoms with Crippen molar-refractivity contribution in [3.63, 3.8) is 0 Å². The molecular weight excluding hydrogens is 272 g/mol. The second-order valence-corrected chi connectivity index (χ2v) is 6.87. The fourth-order valence-electron chi connectivity index (χ4n) is 3.85. The zero-order valence-electron chi connectivity index (χ0n) is 13.7. The van der Waals surface area contributed by atoms with Crippen LogP contribution in [0.1, 0.15) is 37.7 Å². The summed E-state index contributed by atoms with van der Waals surface area (Å²) in [7, 11) is 0. The fourth-order valence-corrected chi connectivity index (χ4v) is 3.85. The Morgan fingerprint density at radius 3 is 2.59 bits per heavy atom. The molecule has 1 N–H and O–H groups in total. The van der Waals surface area contributed by atoms with Crippen LogP contribution in [0.25, 0.3) is 0 Å². The van der Waals surface area contributed by atoms with Gasteiger partial charge in [-0.1, -0.05) is 36.8 Å². The number of hydrogen-bond acceptors (Lipinski definition) is 3. The van der Waals surface area contributed by atoms with Gasteiger partial charge in [0.15, 0.2) is 0 Å². The van der Waals surface area contributed by atoms with E-state index in [4.69, 9.17) is 0 Å². The van der Waals surface area contributed by atoms with Crippen molar-refractivity contribution in [1.82, 2.24) is 9.80 Å². The highest BCUT2D eigenvalue weighted by atomic mass is 16.3. The number of aryl methyl sites for hydroxylation is 1. The summed E-state index contributed by atoms with van der Waals surface area (Å²) in [5, 5.41) is 9.39. The number of rotatable bonds is 7. The highest BCUT2D eigenvalue weighted by Crippen LogP contribution is 2.27.